The molecule has 2 amide bonds. The van der Waals surface area contributed by atoms with Gasteiger partial charge in [0.05, 0.1) is 11.0 Å². The van der Waals surface area contributed by atoms with E-state index in [2.05, 4.69) is 49.3 Å². The van der Waals surface area contributed by atoms with Crippen molar-refractivity contribution in [2.45, 2.75) is 44.9 Å². The van der Waals surface area contributed by atoms with Crippen molar-refractivity contribution >= 4 is 22.8 Å². The van der Waals surface area contributed by atoms with Crippen LogP contribution in [-0.2, 0) is 5.41 Å². The average Bonchev–Trinajstić information content (AvgIpc) is 3.12. The minimum Gasteiger partial charge on any atom is -0.342 e. The van der Waals surface area contributed by atoms with Crippen molar-refractivity contribution in [3.05, 3.63) is 59.9 Å². The first kappa shape index (κ1) is 18.5. The van der Waals surface area contributed by atoms with Crippen LogP contribution < -0.4 is 5.32 Å². The Morgan fingerprint density at radius 2 is 1.75 bits per heavy atom. The topological polar surface area (TPSA) is 61.0 Å². The molecule has 28 heavy (non-hydrogen) atoms. The standard InChI is InChI=1S/C23H28N4O/c1-23(2,3)17-8-10-18(11-9-17)24-22(28)27-14-12-16(13-15-27)21-25-19-6-4-5-7-20(19)26-21/h4-11,16H,12-15H2,1-3H3,(H,24,28)(H,25,26). The molecule has 0 bridgehead atoms. The number of nitrogens with one attached hydrogen (secondary N) is 2. The molecule has 0 atom stereocenters. The van der Waals surface area contributed by atoms with E-state index in [9.17, 15) is 4.79 Å². The van der Waals surface area contributed by atoms with Crippen LogP contribution >= 0.6 is 0 Å². The molecule has 2 aromatic carbocycles. The van der Waals surface area contributed by atoms with Crippen LogP contribution in [0.3, 0.4) is 0 Å². The van der Waals surface area contributed by atoms with E-state index >= 15 is 0 Å². The number of nitrogens with zero attached hydrogens (tertiary/aromatic N) is 2. The van der Waals surface area contributed by atoms with Gasteiger partial charge >= 0.3 is 6.03 Å². The van der Waals surface area contributed by atoms with Gasteiger partial charge < -0.3 is 15.2 Å². The number of fused-ring (bicyclic) bond motifs is 1. The first-order valence-electron chi connectivity index (χ1n) is 10.0. The van der Waals surface area contributed by atoms with Crippen molar-refractivity contribution in [3.8, 4) is 0 Å². The first-order valence-corrected chi connectivity index (χ1v) is 10.0. The third kappa shape index (κ3) is 3.88. The summed E-state index contributed by atoms with van der Waals surface area (Å²) in [4.78, 5) is 22.7. The average molecular weight is 377 g/mol. The van der Waals surface area contributed by atoms with E-state index < -0.39 is 0 Å². The number of hydrogen-bond donors (Lipinski definition) is 2. The fourth-order valence-electron chi connectivity index (χ4n) is 3.78. The number of rotatable bonds is 2. The molecule has 2 N–H and O–H groups in total. The van der Waals surface area contributed by atoms with Gasteiger partial charge in [0.25, 0.3) is 0 Å². The highest BCUT2D eigenvalue weighted by molar-refractivity contribution is 5.89. The Morgan fingerprint density at radius 1 is 1.07 bits per heavy atom. The van der Waals surface area contributed by atoms with Gasteiger partial charge in [-0.1, -0.05) is 45.0 Å². The van der Waals surface area contributed by atoms with Gasteiger partial charge in [-0.2, -0.15) is 0 Å². The molecule has 1 aliphatic rings. The zero-order valence-electron chi connectivity index (χ0n) is 16.8. The molecule has 2 heterocycles. The van der Waals surface area contributed by atoms with E-state index in [1.54, 1.807) is 0 Å². The lowest BCUT2D eigenvalue weighted by molar-refractivity contribution is 0.193. The van der Waals surface area contributed by atoms with Crippen LogP contribution in [0.1, 0.15) is 50.9 Å². The Kier molecular flexibility index (Phi) is 4.84. The summed E-state index contributed by atoms with van der Waals surface area (Å²) in [5, 5.41) is 3.03. The van der Waals surface area contributed by atoms with Crippen LogP contribution in [-0.4, -0.2) is 34.0 Å². The predicted molar refractivity (Wildman–Crippen MR) is 114 cm³/mol. The summed E-state index contributed by atoms with van der Waals surface area (Å²) >= 11 is 0. The molecule has 146 valence electrons. The second kappa shape index (κ2) is 7.30. The van der Waals surface area contributed by atoms with Crippen LogP contribution in [0.5, 0.6) is 0 Å². The van der Waals surface area contributed by atoms with Crippen LogP contribution in [0.2, 0.25) is 0 Å². The molecule has 0 radical (unpaired) electrons. The van der Waals surface area contributed by atoms with Crippen molar-refractivity contribution in [1.29, 1.82) is 0 Å². The molecule has 4 rings (SSSR count). The molecule has 3 aromatic rings. The molecule has 0 spiro atoms. The minimum absolute atomic E-state index is 0.0217. The number of H-pyrrole nitrogens is 1. The fraction of sp³-hybridized carbons (Fsp3) is 0.391. The molecule has 1 aromatic heterocycles. The van der Waals surface area contributed by atoms with E-state index in [4.69, 9.17) is 4.98 Å². The van der Waals surface area contributed by atoms with Crippen molar-refractivity contribution in [2.75, 3.05) is 18.4 Å². The van der Waals surface area contributed by atoms with Crippen LogP contribution in [0.25, 0.3) is 11.0 Å². The van der Waals surface area contributed by atoms with Crippen LogP contribution in [0.15, 0.2) is 48.5 Å². The van der Waals surface area contributed by atoms with Crippen LogP contribution in [0, 0.1) is 0 Å². The molecule has 5 heteroatoms. The first-order chi connectivity index (χ1) is 13.4. The molecule has 1 fully saturated rings. The fourth-order valence-corrected chi connectivity index (χ4v) is 3.78. The van der Waals surface area contributed by atoms with Gasteiger partial charge in [0.1, 0.15) is 5.82 Å². The Hall–Kier alpha value is -2.82. The summed E-state index contributed by atoms with van der Waals surface area (Å²) in [6.07, 6.45) is 1.85. The van der Waals surface area contributed by atoms with Crippen LogP contribution in [0.4, 0.5) is 10.5 Å². The van der Waals surface area contributed by atoms with Gasteiger partial charge in [-0.15, -0.1) is 0 Å². The summed E-state index contributed by atoms with van der Waals surface area (Å²) in [6.45, 7) is 8.05. The SMILES string of the molecule is CC(C)(C)c1ccc(NC(=O)N2CCC(c3nc4ccccc4[nH]3)CC2)cc1. The Balaban J connectivity index is 1.35. The number of hydrogen-bond acceptors (Lipinski definition) is 2. The maximum Gasteiger partial charge on any atom is 0.321 e. The molecule has 0 unspecified atom stereocenters. The van der Waals surface area contributed by atoms with Gasteiger partial charge in [0.15, 0.2) is 0 Å². The zero-order valence-corrected chi connectivity index (χ0v) is 16.8. The maximum absolute atomic E-state index is 12.6. The number of para-hydroxylation sites is 2. The van der Waals surface area contributed by atoms with E-state index in [1.165, 1.54) is 5.56 Å². The van der Waals surface area contributed by atoms with Gasteiger partial charge in [-0.25, -0.2) is 9.78 Å². The number of likely N-dealkylation sites (tertiary alicyclic amines) is 1. The van der Waals surface area contributed by atoms with Crippen molar-refractivity contribution in [1.82, 2.24) is 14.9 Å². The zero-order chi connectivity index (χ0) is 19.7. The second-order valence-electron chi connectivity index (χ2n) is 8.66. The van der Waals surface area contributed by atoms with Crippen molar-refractivity contribution in [2.24, 2.45) is 0 Å². The van der Waals surface area contributed by atoms with E-state index in [0.717, 1.165) is 48.5 Å². The molecule has 1 saturated heterocycles. The summed E-state index contributed by atoms with van der Waals surface area (Å²) in [6, 6.07) is 16.2. The molecule has 0 saturated carbocycles. The lowest BCUT2D eigenvalue weighted by atomic mass is 9.87. The number of amides is 2. The Morgan fingerprint density at radius 3 is 2.39 bits per heavy atom. The highest BCUT2D eigenvalue weighted by Crippen LogP contribution is 2.28. The lowest BCUT2D eigenvalue weighted by Crippen LogP contribution is -2.40. The summed E-state index contributed by atoms with van der Waals surface area (Å²) in [5.41, 5.74) is 4.31. The summed E-state index contributed by atoms with van der Waals surface area (Å²) in [5.74, 6) is 1.42. The Labute approximate surface area is 166 Å². The molecule has 5 nitrogen and oxygen atoms in total. The number of urea groups is 1. The second-order valence-corrected chi connectivity index (χ2v) is 8.66. The number of carbonyl (C=O) groups is 1. The predicted octanol–water partition coefficient (Wildman–Crippen LogP) is 5.27. The third-order valence-electron chi connectivity index (χ3n) is 5.58. The van der Waals surface area contributed by atoms with Crippen molar-refractivity contribution in [3.63, 3.8) is 0 Å². The normalized spacial score (nSPS) is 15.8. The highest BCUT2D eigenvalue weighted by atomic mass is 16.2. The summed E-state index contributed by atoms with van der Waals surface area (Å²) < 4.78 is 0. The van der Waals surface area contributed by atoms with Gasteiger partial charge in [0, 0.05) is 24.7 Å². The quantitative estimate of drug-likeness (QED) is 0.640. The number of anilines is 1. The minimum atomic E-state index is -0.0217. The maximum atomic E-state index is 12.6. The van der Waals surface area contributed by atoms with E-state index in [1.807, 2.05) is 35.2 Å². The number of imidazole rings is 1. The molecule has 1 aliphatic heterocycles. The third-order valence-corrected chi connectivity index (χ3v) is 5.58. The summed E-state index contributed by atoms with van der Waals surface area (Å²) in [7, 11) is 0. The van der Waals surface area contributed by atoms with Gasteiger partial charge in [-0.05, 0) is 48.1 Å². The number of aromatic amines is 1. The van der Waals surface area contributed by atoms with Gasteiger partial charge in [0.2, 0.25) is 0 Å². The largest absolute Gasteiger partial charge is 0.342 e. The number of aromatic nitrogens is 2. The van der Waals surface area contributed by atoms with E-state index in [0.29, 0.717) is 5.92 Å². The Bertz CT molecular complexity index is 927. The monoisotopic (exact) mass is 376 g/mol. The molecular formula is C23H28N4O. The highest BCUT2D eigenvalue weighted by Gasteiger charge is 2.26. The number of carbonyl (C=O) groups excluding carboxylic acids is 1. The van der Waals surface area contributed by atoms with Crippen molar-refractivity contribution < 1.29 is 4.79 Å². The molecule has 0 aliphatic carbocycles. The van der Waals surface area contributed by atoms with E-state index in [-0.39, 0.29) is 11.4 Å². The number of piperidine rings is 1. The van der Waals surface area contributed by atoms with Gasteiger partial charge in [-0.3, -0.25) is 0 Å². The smallest absolute Gasteiger partial charge is 0.321 e. The molecular weight excluding hydrogens is 348 g/mol. The number of benzene rings is 2. The lowest BCUT2D eigenvalue weighted by Gasteiger charge is -2.31.